The summed E-state index contributed by atoms with van der Waals surface area (Å²) in [6, 6.07) is 0.709. The quantitative estimate of drug-likeness (QED) is 0.760. The summed E-state index contributed by atoms with van der Waals surface area (Å²) in [5.74, 6) is 0. The van der Waals surface area contributed by atoms with E-state index in [0.29, 0.717) is 6.04 Å². The molecule has 1 atom stereocenters. The highest BCUT2D eigenvalue weighted by Gasteiger charge is 2.12. The minimum atomic E-state index is 0.709. The number of rotatable bonds is 4. The lowest BCUT2D eigenvalue weighted by Gasteiger charge is -2.09. The first-order valence-corrected chi connectivity index (χ1v) is 5.56. The topological polar surface area (TPSA) is 49.8 Å². The maximum atomic E-state index is 3.92. The lowest BCUT2D eigenvalue weighted by atomic mass is 10.2. The van der Waals surface area contributed by atoms with E-state index >= 15 is 0 Å². The second-order valence-electron chi connectivity index (χ2n) is 3.25. The number of aromatic nitrogens is 2. The van der Waals surface area contributed by atoms with Crippen LogP contribution in [0.1, 0.15) is 19.3 Å². The first kappa shape index (κ1) is 8.90. The van der Waals surface area contributed by atoms with Crippen molar-refractivity contribution in [3.8, 4) is 0 Å². The zero-order valence-electron chi connectivity index (χ0n) is 7.49. The van der Waals surface area contributed by atoms with Gasteiger partial charge in [-0.25, -0.2) is 0 Å². The molecular formula is C8H14N4S. The summed E-state index contributed by atoms with van der Waals surface area (Å²) in [5.41, 5.74) is 1.75. The third-order valence-electron chi connectivity index (χ3n) is 2.29. The van der Waals surface area contributed by atoms with E-state index in [2.05, 4.69) is 20.8 Å². The molecule has 0 unspecified atom stereocenters. The Hall–Kier alpha value is -0.680. The fourth-order valence-electron chi connectivity index (χ4n) is 1.61. The minimum absolute atomic E-state index is 0.709. The van der Waals surface area contributed by atoms with E-state index in [1.165, 1.54) is 25.8 Å². The lowest BCUT2D eigenvalue weighted by molar-refractivity contribution is 0.574. The molecule has 2 N–H and O–H groups in total. The molecule has 0 aromatic carbocycles. The molecule has 1 aliphatic rings. The predicted molar refractivity (Wildman–Crippen MR) is 54.0 cm³/mol. The van der Waals surface area contributed by atoms with Crippen LogP contribution in [0, 0.1) is 0 Å². The summed E-state index contributed by atoms with van der Waals surface area (Å²) in [7, 11) is 0. The van der Waals surface area contributed by atoms with E-state index in [0.717, 1.165) is 11.7 Å². The Morgan fingerprint density at radius 2 is 2.69 bits per heavy atom. The molecule has 0 radical (unpaired) electrons. The Bertz CT molecular complexity index is 230. The summed E-state index contributed by atoms with van der Waals surface area (Å²) in [5, 5.41) is 15.3. The van der Waals surface area contributed by atoms with Crippen molar-refractivity contribution in [2.24, 2.45) is 0 Å². The monoisotopic (exact) mass is 198 g/mol. The van der Waals surface area contributed by atoms with Gasteiger partial charge < -0.3 is 10.6 Å². The third-order valence-corrected chi connectivity index (χ3v) is 2.94. The van der Waals surface area contributed by atoms with Crippen molar-refractivity contribution in [3.05, 3.63) is 5.51 Å². The fraction of sp³-hybridized carbons (Fsp3) is 0.750. The third kappa shape index (κ3) is 2.63. The highest BCUT2D eigenvalue weighted by Crippen LogP contribution is 2.11. The van der Waals surface area contributed by atoms with Gasteiger partial charge in [-0.05, 0) is 25.8 Å². The van der Waals surface area contributed by atoms with E-state index in [1.54, 1.807) is 16.8 Å². The largest absolute Gasteiger partial charge is 0.360 e. The van der Waals surface area contributed by atoms with Gasteiger partial charge >= 0.3 is 0 Å². The van der Waals surface area contributed by atoms with Gasteiger partial charge in [0.05, 0.1) is 0 Å². The molecule has 1 aromatic rings. The van der Waals surface area contributed by atoms with Gasteiger partial charge in [0.2, 0.25) is 5.13 Å². The molecular weight excluding hydrogens is 184 g/mol. The first-order valence-electron chi connectivity index (χ1n) is 4.68. The second-order valence-corrected chi connectivity index (χ2v) is 4.09. The Morgan fingerprint density at radius 3 is 3.38 bits per heavy atom. The van der Waals surface area contributed by atoms with Crippen LogP contribution in [0.5, 0.6) is 0 Å². The van der Waals surface area contributed by atoms with Crippen LogP contribution in [0.15, 0.2) is 5.51 Å². The van der Waals surface area contributed by atoms with Crippen molar-refractivity contribution < 1.29 is 0 Å². The average molecular weight is 198 g/mol. The predicted octanol–water partition coefficient (Wildman–Crippen LogP) is 1.09. The van der Waals surface area contributed by atoms with Gasteiger partial charge in [-0.15, -0.1) is 10.2 Å². The number of hydrogen-bond acceptors (Lipinski definition) is 5. The maximum Gasteiger partial charge on any atom is 0.205 e. The van der Waals surface area contributed by atoms with Gasteiger partial charge in [-0.1, -0.05) is 11.3 Å². The van der Waals surface area contributed by atoms with Crippen molar-refractivity contribution in [2.75, 3.05) is 18.4 Å². The molecule has 0 bridgehead atoms. The average Bonchev–Trinajstić information content (AvgIpc) is 2.75. The Labute approximate surface area is 81.8 Å². The van der Waals surface area contributed by atoms with Crippen LogP contribution in [0.3, 0.4) is 0 Å². The molecule has 5 heteroatoms. The summed E-state index contributed by atoms with van der Waals surface area (Å²) in [4.78, 5) is 0. The van der Waals surface area contributed by atoms with Gasteiger partial charge in [-0.2, -0.15) is 0 Å². The SMILES string of the molecule is c1nnc(NCC[C@@H]2CCCN2)s1. The zero-order chi connectivity index (χ0) is 8.93. The Morgan fingerprint density at radius 1 is 1.69 bits per heavy atom. The molecule has 1 fully saturated rings. The Kier molecular flexibility index (Phi) is 3.10. The van der Waals surface area contributed by atoms with Crippen LogP contribution in [0.25, 0.3) is 0 Å². The molecule has 1 saturated heterocycles. The smallest absolute Gasteiger partial charge is 0.205 e. The summed E-state index contributed by atoms with van der Waals surface area (Å²) < 4.78 is 0. The number of anilines is 1. The maximum absolute atomic E-state index is 3.92. The summed E-state index contributed by atoms with van der Waals surface area (Å²) in [6.07, 6.45) is 3.82. The molecule has 0 saturated carbocycles. The van der Waals surface area contributed by atoms with Crippen molar-refractivity contribution in [2.45, 2.75) is 25.3 Å². The van der Waals surface area contributed by atoms with E-state index in [1.807, 2.05) is 0 Å². The summed E-state index contributed by atoms with van der Waals surface area (Å²) >= 11 is 1.55. The van der Waals surface area contributed by atoms with Crippen LogP contribution < -0.4 is 10.6 Å². The molecule has 0 aliphatic carbocycles. The van der Waals surface area contributed by atoms with Crippen molar-refractivity contribution in [3.63, 3.8) is 0 Å². The van der Waals surface area contributed by atoms with Crippen LogP contribution >= 0.6 is 11.3 Å². The van der Waals surface area contributed by atoms with Gasteiger partial charge in [-0.3, -0.25) is 0 Å². The fourth-order valence-corrected chi connectivity index (χ4v) is 2.08. The van der Waals surface area contributed by atoms with E-state index in [-0.39, 0.29) is 0 Å². The Balaban J connectivity index is 1.63. The molecule has 4 nitrogen and oxygen atoms in total. The van der Waals surface area contributed by atoms with Gasteiger partial charge in [0.25, 0.3) is 0 Å². The van der Waals surface area contributed by atoms with Crippen molar-refractivity contribution in [1.82, 2.24) is 15.5 Å². The van der Waals surface area contributed by atoms with E-state index in [4.69, 9.17) is 0 Å². The van der Waals surface area contributed by atoms with Crippen molar-refractivity contribution in [1.29, 1.82) is 0 Å². The van der Waals surface area contributed by atoms with E-state index < -0.39 is 0 Å². The number of nitrogens with one attached hydrogen (secondary N) is 2. The lowest BCUT2D eigenvalue weighted by Crippen LogP contribution is -2.24. The molecule has 13 heavy (non-hydrogen) atoms. The van der Waals surface area contributed by atoms with Crippen LogP contribution in [-0.4, -0.2) is 29.3 Å². The number of hydrogen-bond donors (Lipinski definition) is 2. The molecule has 1 aromatic heterocycles. The zero-order valence-corrected chi connectivity index (χ0v) is 8.31. The highest BCUT2D eigenvalue weighted by molar-refractivity contribution is 7.13. The molecule has 1 aliphatic heterocycles. The molecule has 0 spiro atoms. The van der Waals surface area contributed by atoms with Crippen LogP contribution in [-0.2, 0) is 0 Å². The minimum Gasteiger partial charge on any atom is -0.360 e. The van der Waals surface area contributed by atoms with Gasteiger partial charge in [0, 0.05) is 12.6 Å². The normalized spacial score (nSPS) is 22.0. The van der Waals surface area contributed by atoms with Gasteiger partial charge in [0.1, 0.15) is 5.51 Å². The van der Waals surface area contributed by atoms with Crippen LogP contribution in [0.2, 0.25) is 0 Å². The molecule has 2 rings (SSSR count). The first-order chi connectivity index (χ1) is 6.45. The van der Waals surface area contributed by atoms with E-state index in [9.17, 15) is 0 Å². The number of nitrogens with zero attached hydrogens (tertiary/aromatic N) is 2. The molecule has 2 heterocycles. The highest BCUT2D eigenvalue weighted by atomic mass is 32.1. The standard InChI is InChI=1S/C8H14N4S/c1-2-7(9-4-1)3-5-10-8-12-11-6-13-8/h6-7,9H,1-5H2,(H,10,12)/t7-/m0/s1. The van der Waals surface area contributed by atoms with Gasteiger partial charge in [0.15, 0.2) is 0 Å². The summed E-state index contributed by atoms with van der Waals surface area (Å²) in [6.45, 7) is 2.18. The molecule has 72 valence electrons. The van der Waals surface area contributed by atoms with Crippen LogP contribution in [0.4, 0.5) is 5.13 Å². The molecule has 0 amide bonds. The van der Waals surface area contributed by atoms with Crippen molar-refractivity contribution >= 4 is 16.5 Å². The second kappa shape index (κ2) is 4.53.